The van der Waals surface area contributed by atoms with Gasteiger partial charge in [-0.3, -0.25) is 4.79 Å². The first-order valence-electron chi connectivity index (χ1n) is 16.3. The number of nitrogens with zero attached hydrogens (tertiary/aromatic N) is 2. The van der Waals surface area contributed by atoms with Gasteiger partial charge >= 0.3 is 6.09 Å². The predicted octanol–water partition coefficient (Wildman–Crippen LogP) is 9.27. The minimum absolute atomic E-state index is 0.0279. The van der Waals surface area contributed by atoms with Crippen LogP contribution in [0.2, 0.25) is 0 Å². The molecule has 4 aromatic rings. The Kier molecular flexibility index (Phi) is 10.8. The molecule has 4 aromatic carbocycles. The molecule has 1 aliphatic carbocycles. The van der Waals surface area contributed by atoms with Gasteiger partial charge in [0.1, 0.15) is 11.4 Å². The lowest BCUT2D eigenvalue weighted by molar-refractivity contribution is 0.00987. The fourth-order valence-corrected chi connectivity index (χ4v) is 6.00. The van der Waals surface area contributed by atoms with E-state index < -0.39 is 5.60 Å². The van der Waals surface area contributed by atoms with Gasteiger partial charge in [0.25, 0.3) is 5.91 Å². The van der Waals surface area contributed by atoms with Gasteiger partial charge < -0.3 is 19.3 Å². The van der Waals surface area contributed by atoms with Crippen molar-refractivity contribution in [3.63, 3.8) is 0 Å². The largest absolute Gasteiger partial charge is 0.497 e. The summed E-state index contributed by atoms with van der Waals surface area (Å²) in [6, 6.07) is 34.4. The van der Waals surface area contributed by atoms with Crippen LogP contribution >= 0.6 is 0 Å². The van der Waals surface area contributed by atoms with Crippen molar-refractivity contribution in [2.24, 2.45) is 0 Å². The number of hydrogen-bond acceptors (Lipinski definition) is 4. The summed E-state index contributed by atoms with van der Waals surface area (Å²) in [4.78, 5) is 30.6. The van der Waals surface area contributed by atoms with Gasteiger partial charge in [0, 0.05) is 31.2 Å². The molecule has 1 fully saturated rings. The summed E-state index contributed by atoms with van der Waals surface area (Å²) in [5.41, 5.74) is 5.53. The Morgan fingerprint density at radius 2 is 1.20 bits per heavy atom. The molecular weight excluding hydrogens is 572 g/mol. The van der Waals surface area contributed by atoms with Crippen LogP contribution in [0.1, 0.15) is 79.9 Å². The van der Waals surface area contributed by atoms with E-state index in [9.17, 15) is 9.59 Å². The topological polar surface area (TPSA) is 59.1 Å². The molecule has 5 rings (SSSR count). The summed E-state index contributed by atoms with van der Waals surface area (Å²) in [5, 5.41) is 0. The van der Waals surface area contributed by atoms with Crippen molar-refractivity contribution in [2.45, 2.75) is 84.2 Å². The fourth-order valence-electron chi connectivity index (χ4n) is 6.00. The predicted molar refractivity (Wildman–Crippen MR) is 184 cm³/mol. The molecule has 240 valence electrons. The van der Waals surface area contributed by atoms with Gasteiger partial charge in [0.05, 0.1) is 7.11 Å². The average molecular weight is 619 g/mol. The summed E-state index contributed by atoms with van der Waals surface area (Å²) < 4.78 is 11.1. The second-order valence-electron chi connectivity index (χ2n) is 13.2. The molecular formula is C40H46N2O4. The molecule has 6 heteroatoms. The number of rotatable bonds is 10. The van der Waals surface area contributed by atoms with Crippen molar-refractivity contribution in [1.82, 2.24) is 9.80 Å². The summed E-state index contributed by atoms with van der Waals surface area (Å²) >= 11 is 0. The van der Waals surface area contributed by atoms with E-state index in [-0.39, 0.29) is 18.0 Å². The Hall–Kier alpha value is -4.58. The third-order valence-electron chi connectivity index (χ3n) is 8.45. The van der Waals surface area contributed by atoms with Crippen molar-refractivity contribution >= 4 is 12.0 Å². The van der Waals surface area contributed by atoms with E-state index >= 15 is 0 Å². The van der Waals surface area contributed by atoms with Crippen LogP contribution in [0.15, 0.2) is 103 Å². The first-order chi connectivity index (χ1) is 22.2. The first kappa shape index (κ1) is 32.8. The zero-order chi connectivity index (χ0) is 32.5. The van der Waals surface area contributed by atoms with E-state index in [2.05, 4.69) is 48.5 Å². The van der Waals surface area contributed by atoms with E-state index in [0.29, 0.717) is 25.2 Å². The van der Waals surface area contributed by atoms with Gasteiger partial charge in [-0.2, -0.15) is 0 Å². The Balaban J connectivity index is 1.28. The zero-order valence-corrected chi connectivity index (χ0v) is 27.6. The van der Waals surface area contributed by atoms with E-state index in [4.69, 9.17) is 9.47 Å². The van der Waals surface area contributed by atoms with Gasteiger partial charge in [0.2, 0.25) is 0 Å². The lowest BCUT2D eigenvalue weighted by Crippen LogP contribution is -2.43. The second kappa shape index (κ2) is 15.1. The Morgan fingerprint density at radius 1 is 0.674 bits per heavy atom. The minimum atomic E-state index is -0.526. The van der Waals surface area contributed by atoms with Crippen LogP contribution in [0.4, 0.5) is 4.79 Å². The molecule has 1 saturated carbocycles. The Labute approximate surface area is 274 Å². The zero-order valence-electron chi connectivity index (χ0n) is 27.6. The standard InChI is InChI=1S/C40H46N2O4/c1-40(2,3)46-39(44)42(36-13-9-6-10-14-36)29-32-17-21-34(22-18-32)33-19-15-31(16-20-33)28-41(27-30-11-7-5-8-12-30)38(43)35-23-25-37(45-4)26-24-35/h5,7-8,11-12,15-26,36H,6,9-10,13-14,27-29H2,1-4H3. The minimum Gasteiger partial charge on any atom is -0.497 e. The van der Waals surface area contributed by atoms with E-state index in [1.54, 1.807) is 7.11 Å². The van der Waals surface area contributed by atoms with Crippen molar-refractivity contribution in [3.05, 3.63) is 125 Å². The van der Waals surface area contributed by atoms with Crippen LogP contribution in [-0.2, 0) is 24.4 Å². The van der Waals surface area contributed by atoms with Crippen molar-refractivity contribution in [1.29, 1.82) is 0 Å². The molecule has 0 bridgehead atoms. The highest BCUT2D eigenvalue weighted by atomic mass is 16.6. The summed E-state index contributed by atoms with van der Waals surface area (Å²) in [5.74, 6) is 0.694. The maximum Gasteiger partial charge on any atom is 0.410 e. The van der Waals surface area contributed by atoms with Crippen molar-refractivity contribution < 1.29 is 19.1 Å². The third kappa shape index (κ3) is 9.00. The molecule has 0 aliphatic heterocycles. The average Bonchev–Trinajstić information content (AvgIpc) is 3.07. The van der Waals surface area contributed by atoms with Crippen LogP contribution in [0.25, 0.3) is 11.1 Å². The highest BCUT2D eigenvalue weighted by molar-refractivity contribution is 5.94. The number of carbonyl (C=O) groups is 2. The molecule has 0 heterocycles. The molecule has 46 heavy (non-hydrogen) atoms. The quantitative estimate of drug-likeness (QED) is 0.178. The van der Waals surface area contributed by atoms with E-state index in [1.165, 1.54) is 6.42 Å². The van der Waals surface area contributed by atoms with Crippen LogP contribution in [0.3, 0.4) is 0 Å². The lowest BCUT2D eigenvalue weighted by atomic mass is 9.94. The molecule has 6 nitrogen and oxygen atoms in total. The first-order valence-corrected chi connectivity index (χ1v) is 16.3. The Morgan fingerprint density at radius 3 is 1.72 bits per heavy atom. The molecule has 0 saturated heterocycles. The third-order valence-corrected chi connectivity index (χ3v) is 8.45. The van der Waals surface area contributed by atoms with Crippen LogP contribution in [0, 0.1) is 0 Å². The maximum absolute atomic E-state index is 13.6. The smallest absolute Gasteiger partial charge is 0.410 e. The monoisotopic (exact) mass is 618 g/mol. The second-order valence-corrected chi connectivity index (χ2v) is 13.2. The van der Waals surface area contributed by atoms with Gasteiger partial charge in [-0.25, -0.2) is 4.79 Å². The molecule has 0 atom stereocenters. The number of ether oxygens (including phenoxy) is 2. The van der Waals surface area contributed by atoms with E-state index in [0.717, 1.165) is 59.3 Å². The number of benzene rings is 4. The molecule has 0 spiro atoms. The van der Waals surface area contributed by atoms with Crippen molar-refractivity contribution in [3.8, 4) is 16.9 Å². The van der Waals surface area contributed by atoms with Gasteiger partial charge in [0.15, 0.2) is 0 Å². The lowest BCUT2D eigenvalue weighted by Gasteiger charge is -2.35. The van der Waals surface area contributed by atoms with Crippen LogP contribution in [-0.4, -0.2) is 40.6 Å². The van der Waals surface area contributed by atoms with Crippen LogP contribution < -0.4 is 4.74 Å². The van der Waals surface area contributed by atoms with Gasteiger partial charge in [-0.1, -0.05) is 98.1 Å². The summed E-state index contributed by atoms with van der Waals surface area (Å²) in [6.07, 6.45) is 5.36. The van der Waals surface area contributed by atoms with Crippen molar-refractivity contribution in [2.75, 3.05) is 7.11 Å². The SMILES string of the molecule is COc1ccc(C(=O)N(Cc2ccccc2)Cc2ccc(-c3ccc(CN(C(=O)OC(C)(C)C)C4CCCCC4)cc3)cc2)cc1. The number of carbonyl (C=O) groups excluding carboxylic acids is 2. The molecule has 0 N–H and O–H groups in total. The fraction of sp³-hybridized carbons (Fsp3) is 0.350. The highest BCUT2D eigenvalue weighted by Crippen LogP contribution is 2.28. The molecule has 0 unspecified atom stereocenters. The van der Waals surface area contributed by atoms with E-state index in [1.807, 2.05) is 85.2 Å². The normalized spacial score (nSPS) is 13.6. The van der Waals surface area contributed by atoms with Gasteiger partial charge in [-0.15, -0.1) is 0 Å². The maximum atomic E-state index is 13.6. The molecule has 2 amide bonds. The summed E-state index contributed by atoms with van der Waals surface area (Å²) in [7, 11) is 1.62. The Bertz CT molecular complexity index is 1550. The molecule has 0 aromatic heterocycles. The highest BCUT2D eigenvalue weighted by Gasteiger charge is 2.29. The molecule has 1 aliphatic rings. The molecule has 0 radical (unpaired) electrons. The number of hydrogen-bond donors (Lipinski definition) is 0. The van der Waals surface area contributed by atoms with Crippen LogP contribution in [0.5, 0.6) is 5.75 Å². The number of methoxy groups -OCH3 is 1. The summed E-state index contributed by atoms with van der Waals surface area (Å²) in [6.45, 7) is 7.30. The number of amides is 2. The van der Waals surface area contributed by atoms with Gasteiger partial charge in [-0.05, 0) is 85.7 Å².